The Balaban J connectivity index is 1.35. The first-order valence-electron chi connectivity index (χ1n) is 19.1. The number of phenols is 1. The van der Waals surface area contributed by atoms with E-state index in [1.165, 1.54) is 64.5 Å². The topological polar surface area (TPSA) is 122 Å². The molecule has 0 aromatic heterocycles. The first-order chi connectivity index (χ1) is 27.2. The fourth-order valence-electron chi connectivity index (χ4n) is 5.72. The normalized spacial score (nSPS) is 10.5. The zero-order valence-corrected chi connectivity index (χ0v) is 32.9. The van der Waals surface area contributed by atoms with Crippen LogP contribution in [0.3, 0.4) is 0 Å². The molecule has 0 unspecified atom stereocenters. The highest BCUT2D eigenvalue weighted by Crippen LogP contribution is 2.37. The number of hydrogen-bond donors (Lipinski definition) is 2. The maximum Gasteiger partial charge on any atom is 0.347 e. The molecule has 298 valence electrons. The Kier molecular flexibility index (Phi) is 17.2. The molecule has 0 fully saturated rings. The molecule has 0 spiro atoms. The number of esters is 1. The van der Waals surface area contributed by atoms with E-state index in [1.807, 2.05) is 0 Å². The Morgan fingerprint density at radius 3 is 1.79 bits per heavy atom. The predicted octanol–water partition coefficient (Wildman–Crippen LogP) is 10.1. The average molecular weight is 770 g/mol. The molecule has 1 amide bonds. The van der Waals surface area contributed by atoms with Crippen LogP contribution in [0.5, 0.6) is 40.2 Å². The third-order valence-corrected chi connectivity index (χ3v) is 8.88. The van der Waals surface area contributed by atoms with Gasteiger partial charge in [-0.15, -0.1) is 0 Å². The van der Waals surface area contributed by atoms with Crippen molar-refractivity contribution >= 4 is 17.6 Å². The fourth-order valence-corrected chi connectivity index (χ4v) is 5.72. The number of ether oxygens (including phenoxy) is 6. The van der Waals surface area contributed by atoms with Crippen LogP contribution in [0.2, 0.25) is 0 Å². The summed E-state index contributed by atoms with van der Waals surface area (Å²) in [6, 6.07) is 16.4. The second-order valence-electron chi connectivity index (χ2n) is 13.1. The Bertz CT molecular complexity index is 1970. The SMILES string of the molecule is CCCCCCCOc1cc(O)c(C(=O)Nc2ccc(C#Cc3ccc(OC(=O)c4cc(OC)c(OCCCCCCC)cc4OC)cc3F)cc2)cc1OC. The van der Waals surface area contributed by atoms with Gasteiger partial charge in [0.15, 0.2) is 23.0 Å². The van der Waals surface area contributed by atoms with E-state index >= 15 is 4.39 Å². The summed E-state index contributed by atoms with van der Waals surface area (Å²) < 4.78 is 48.6. The molecule has 56 heavy (non-hydrogen) atoms. The molecule has 0 aliphatic carbocycles. The van der Waals surface area contributed by atoms with Crippen LogP contribution in [0, 0.1) is 17.7 Å². The van der Waals surface area contributed by atoms with Crippen molar-refractivity contribution in [1.29, 1.82) is 0 Å². The first-order valence-corrected chi connectivity index (χ1v) is 19.1. The van der Waals surface area contributed by atoms with E-state index in [4.69, 9.17) is 28.4 Å². The van der Waals surface area contributed by atoms with E-state index in [2.05, 4.69) is 31.0 Å². The lowest BCUT2D eigenvalue weighted by Gasteiger charge is -2.15. The summed E-state index contributed by atoms with van der Waals surface area (Å²) in [5, 5.41) is 13.4. The Labute approximate surface area is 329 Å². The number of unbranched alkanes of at least 4 members (excludes halogenated alkanes) is 8. The quantitative estimate of drug-likeness (QED) is 0.0369. The van der Waals surface area contributed by atoms with Gasteiger partial charge in [-0.05, 0) is 49.2 Å². The highest BCUT2D eigenvalue weighted by atomic mass is 19.1. The molecule has 0 bridgehead atoms. The Hall–Kier alpha value is -5.89. The second-order valence-corrected chi connectivity index (χ2v) is 13.1. The highest BCUT2D eigenvalue weighted by molar-refractivity contribution is 6.06. The van der Waals surface area contributed by atoms with Crippen LogP contribution in [-0.4, -0.2) is 51.5 Å². The minimum atomic E-state index is -0.763. The van der Waals surface area contributed by atoms with Gasteiger partial charge in [0.05, 0.1) is 45.7 Å². The molecular formula is C45H52FNO9. The number of rotatable bonds is 21. The van der Waals surface area contributed by atoms with Gasteiger partial charge >= 0.3 is 5.97 Å². The summed E-state index contributed by atoms with van der Waals surface area (Å²) in [5.41, 5.74) is 1.22. The molecule has 4 rings (SSSR count). The summed E-state index contributed by atoms with van der Waals surface area (Å²) in [7, 11) is 4.38. The predicted molar refractivity (Wildman–Crippen MR) is 214 cm³/mol. The summed E-state index contributed by atoms with van der Waals surface area (Å²) in [6.07, 6.45) is 10.9. The van der Waals surface area contributed by atoms with Gasteiger partial charge in [0.2, 0.25) is 0 Å². The number of aromatic hydroxyl groups is 1. The smallest absolute Gasteiger partial charge is 0.347 e. The van der Waals surface area contributed by atoms with Gasteiger partial charge < -0.3 is 38.8 Å². The molecule has 0 aliphatic heterocycles. The molecule has 0 heterocycles. The summed E-state index contributed by atoms with van der Waals surface area (Å²) >= 11 is 0. The van der Waals surface area contributed by atoms with Crippen molar-refractivity contribution in [2.75, 3.05) is 39.9 Å². The largest absolute Gasteiger partial charge is 0.507 e. The molecular weight excluding hydrogens is 717 g/mol. The number of nitrogens with one attached hydrogen (secondary N) is 1. The second kappa shape index (κ2) is 22.5. The number of hydrogen-bond acceptors (Lipinski definition) is 9. The van der Waals surface area contributed by atoms with E-state index < -0.39 is 17.7 Å². The zero-order chi connectivity index (χ0) is 40.3. The van der Waals surface area contributed by atoms with Crippen LogP contribution in [0.15, 0.2) is 66.7 Å². The van der Waals surface area contributed by atoms with Crippen LogP contribution in [0.1, 0.15) is 110 Å². The van der Waals surface area contributed by atoms with Crippen LogP contribution in [-0.2, 0) is 0 Å². The summed E-state index contributed by atoms with van der Waals surface area (Å²) in [4.78, 5) is 26.2. The standard InChI is InChI=1S/C45H52FNO9/c1-6-8-10-12-14-24-54-42-29-38(48)35(27-40(42)52-4)44(49)47-33-21-17-31(18-22-33)16-19-32-20-23-34(26-37(32)46)56-45(50)36-28-41(53-5)43(30-39(36)51-3)55-25-15-13-11-9-7-2/h17-18,20-23,26-30,48H,6-15,24-25H2,1-5H3,(H,47,49). The third-order valence-electron chi connectivity index (χ3n) is 8.88. The molecule has 0 saturated carbocycles. The Morgan fingerprint density at radius 2 is 1.21 bits per heavy atom. The van der Waals surface area contributed by atoms with E-state index in [-0.39, 0.29) is 33.9 Å². The van der Waals surface area contributed by atoms with Crippen molar-refractivity contribution in [1.82, 2.24) is 0 Å². The molecule has 0 saturated heterocycles. The third kappa shape index (κ3) is 12.6. The number of methoxy groups -OCH3 is 3. The molecule has 4 aromatic carbocycles. The molecule has 0 atom stereocenters. The maximum atomic E-state index is 15.1. The number of carbonyl (C=O) groups is 2. The van der Waals surface area contributed by atoms with Crippen molar-refractivity contribution in [3.8, 4) is 52.1 Å². The number of anilines is 1. The molecule has 11 heteroatoms. The highest BCUT2D eigenvalue weighted by Gasteiger charge is 2.21. The van der Waals surface area contributed by atoms with E-state index in [0.717, 1.165) is 57.4 Å². The van der Waals surface area contributed by atoms with Gasteiger partial charge in [0, 0.05) is 41.6 Å². The molecule has 2 N–H and O–H groups in total. The van der Waals surface area contributed by atoms with Gasteiger partial charge in [-0.1, -0.05) is 77.1 Å². The first kappa shape index (κ1) is 42.8. The maximum absolute atomic E-state index is 15.1. The van der Waals surface area contributed by atoms with Crippen molar-refractivity contribution in [3.05, 3.63) is 94.8 Å². The lowest BCUT2D eigenvalue weighted by molar-refractivity contribution is 0.0730. The van der Waals surface area contributed by atoms with Crippen LogP contribution < -0.4 is 33.7 Å². The zero-order valence-electron chi connectivity index (χ0n) is 32.9. The van der Waals surface area contributed by atoms with Crippen molar-refractivity contribution in [3.63, 3.8) is 0 Å². The molecule has 0 radical (unpaired) electrons. The van der Waals surface area contributed by atoms with Crippen molar-refractivity contribution in [2.45, 2.75) is 78.1 Å². The van der Waals surface area contributed by atoms with Crippen LogP contribution in [0.4, 0.5) is 10.1 Å². The van der Waals surface area contributed by atoms with E-state index in [1.54, 1.807) is 30.3 Å². The number of amides is 1. The number of benzene rings is 4. The fraction of sp³-hybridized carbons (Fsp3) is 0.378. The lowest BCUT2D eigenvalue weighted by Crippen LogP contribution is -2.12. The molecule has 0 aliphatic rings. The average Bonchev–Trinajstić information content (AvgIpc) is 3.20. The van der Waals surface area contributed by atoms with Crippen molar-refractivity contribution < 1.29 is 47.5 Å². The monoisotopic (exact) mass is 769 g/mol. The number of carbonyl (C=O) groups excluding carboxylic acids is 2. The minimum absolute atomic E-state index is 0.0183. The molecule has 10 nitrogen and oxygen atoms in total. The van der Waals surface area contributed by atoms with Crippen LogP contribution in [0.25, 0.3) is 0 Å². The van der Waals surface area contributed by atoms with Gasteiger partial charge in [-0.3, -0.25) is 4.79 Å². The van der Waals surface area contributed by atoms with Gasteiger partial charge in [0.1, 0.15) is 28.6 Å². The summed E-state index contributed by atoms with van der Waals surface area (Å²) in [5.74, 6) is 5.16. The minimum Gasteiger partial charge on any atom is -0.507 e. The van der Waals surface area contributed by atoms with Gasteiger partial charge in [0.25, 0.3) is 5.91 Å². The Morgan fingerprint density at radius 1 is 0.643 bits per heavy atom. The molecule has 4 aromatic rings. The number of halogens is 1. The van der Waals surface area contributed by atoms with E-state index in [9.17, 15) is 14.7 Å². The number of phenolic OH excluding ortho intramolecular Hbond substituents is 1. The van der Waals surface area contributed by atoms with Crippen LogP contribution >= 0.6 is 0 Å². The van der Waals surface area contributed by atoms with Gasteiger partial charge in [-0.2, -0.15) is 0 Å². The summed E-state index contributed by atoms with van der Waals surface area (Å²) in [6.45, 7) is 5.30. The van der Waals surface area contributed by atoms with E-state index in [0.29, 0.717) is 47.5 Å². The lowest BCUT2D eigenvalue weighted by atomic mass is 10.1. The van der Waals surface area contributed by atoms with Gasteiger partial charge in [-0.25, -0.2) is 9.18 Å². The van der Waals surface area contributed by atoms with Crippen molar-refractivity contribution in [2.24, 2.45) is 0 Å².